The Morgan fingerprint density at radius 1 is 1.14 bits per heavy atom. The zero-order valence-corrected chi connectivity index (χ0v) is 11.9. The first-order chi connectivity index (χ1) is 10.2. The van der Waals surface area contributed by atoms with E-state index in [4.69, 9.17) is 4.74 Å². The Kier molecular flexibility index (Phi) is 5.32. The molecular weight excluding hydrogens is 269 g/mol. The molecule has 0 atom stereocenters. The SMILES string of the molecule is COc1ccc(CC(=O)NCCc2ccccc2F)cc1. The van der Waals surface area contributed by atoms with Gasteiger partial charge in [-0.2, -0.15) is 0 Å². The summed E-state index contributed by atoms with van der Waals surface area (Å²) < 4.78 is 18.5. The number of carbonyl (C=O) groups excluding carboxylic acids is 1. The number of nitrogens with one attached hydrogen (secondary N) is 1. The van der Waals surface area contributed by atoms with E-state index in [2.05, 4.69) is 5.32 Å². The van der Waals surface area contributed by atoms with E-state index in [1.54, 1.807) is 25.3 Å². The Morgan fingerprint density at radius 2 is 1.86 bits per heavy atom. The van der Waals surface area contributed by atoms with Gasteiger partial charge in [-0.3, -0.25) is 4.79 Å². The summed E-state index contributed by atoms with van der Waals surface area (Å²) in [6.07, 6.45) is 0.794. The third kappa shape index (κ3) is 4.60. The van der Waals surface area contributed by atoms with Crippen LogP contribution in [0.5, 0.6) is 5.75 Å². The molecule has 0 bridgehead atoms. The summed E-state index contributed by atoms with van der Waals surface area (Å²) >= 11 is 0. The van der Waals surface area contributed by atoms with Gasteiger partial charge >= 0.3 is 0 Å². The topological polar surface area (TPSA) is 38.3 Å². The Labute approximate surface area is 123 Å². The molecule has 0 aliphatic carbocycles. The average Bonchev–Trinajstić information content (AvgIpc) is 2.50. The first-order valence-electron chi connectivity index (χ1n) is 6.82. The zero-order valence-electron chi connectivity index (χ0n) is 11.9. The van der Waals surface area contributed by atoms with Crippen molar-refractivity contribution >= 4 is 5.91 Å². The van der Waals surface area contributed by atoms with Crippen molar-refractivity contribution in [1.82, 2.24) is 5.32 Å². The maximum absolute atomic E-state index is 13.4. The summed E-state index contributed by atoms with van der Waals surface area (Å²) in [4.78, 5) is 11.8. The average molecular weight is 287 g/mol. The van der Waals surface area contributed by atoms with Crippen molar-refractivity contribution in [3.8, 4) is 5.75 Å². The molecule has 0 heterocycles. The van der Waals surface area contributed by atoms with Gasteiger partial charge in [-0.05, 0) is 35.7 Å². The molecule has 2 aromatic carbocycles. The second-order valence-corrected chi connectivity index (χ2v) is 4.72. The molecule has 1 N–H and O–H groups in total. The number of ether oxygens (including phenoxy) is 1. The highest BCUT2D eigenvalue weighted by Crippen LogP contribution is 2.11. The molecule has 1 amide bonds. The van der Waals surface area contributed by atoms with Crippen LogP contribution in [0.1, 0.15) is 11.1 Å². The van der Waals surface area contributed by atoms with E-state index in [1.807, 2.05) is 24.3 Å². The number of methoxy groups -OCH3 is 1. The van der Waals surface area contributed by atoms with Crippen LogP contribution in [-0.4, -0.2) is 19.6 Å². The van der Waals surface area contributed by atoms with Crippen molar-refractivity contribution in [1.29, 1.82) is 0 Å². The van der Waals surface area contributed by atoms with Crippen molar-refractivity contribution in [2.24, 2.45) is 0 Å². The molecule has 2 aromatic rings. The maximum Gasteiger partial charge on any atom is 0.224 e. The lowest BCUT2D eigenvalue weighted by atomic mass is 10.1. The highest BCUT2D eigenvalue weighted by atomic mass is 19.1. The van der Waals surface area contributed by atoms with Crippen LogP contribution in [0.15, 0.2) is 48.5 Å². The van der Waals surface area contributed by atoms with Gasteiger partial charge in [0.05, 0.1) is 13.5 Å². The predicted octanol–water partition coefficient (Wildman–Crippen LogP) is 2.74. The molecule has 0 aliphatic rings. The number of hydrogen-bond donors (Lipinski definition) is 1. The molecule has 3 nitrogen and oxygen atoms in total. The molecule has 0 saturated heterocycles. The van der Waals surface area contributed by atoms with Crippen LogP contribution in [-0.2, 0) is 17.6 Å². The second kappa shape index (κ2) is 7.43. The maximum atomic E-state index is 13.4. The molecular formula is C17H18FNO2. The number of amides is 1. The van der Waals surface area contributed by atoms with E-state index in [1.165, 1.54) is 6.07 Å². The van der Waals surface area contributed by atoms with Gasteiger partial charge in [0.25, 0.3) is 0 Å². The first-order valence-corrected chi connectivity index (χ1v) is 6.82. The molecule has 0 radical (unpaired) electrons. The Balaban J connectivity index is 1.78. The van der Waals surface area contributed by atoms with Gasteiger partial charge in [0.15, 0.2) is 0 Å². The van der Waals surface area contributed by atoms with Gasteiger partial charge in [0.2, 0.25) is 5.91 Å². The number of hydrogen-bond acceptors (Lipinski definition) is 2. The molecule has 4 heteroatoms. The van der Waals surface area contributed by atoms with Crippen molar-refractivity contribution < 1.29 is 13.9 Å². The molecule has 0 spiro atoms. The van der Waals surface area contributed by atoms with Crippen molar-refractivity contribution in [3.63, 3.8) is 0 Å². The fourth-order valence-corrected chi connectivity index (χ4v) is 2.03. The number of rotatable bonds is 6. The summed E-state index contributed by atoms with van der Waals surface area (Å²) in [7, 11) is 1.60. The predicted molar refractivity (Wildman–Crippen MR) is 79.8 cm³/mol. The molecule has 21 heavy (non-hydrogen) atoms. The van der Waals surface area contributed by atoms with Gasteiger partial charge in [0, 0.05) is 6.54 Å². The van der Waals surface area contributed by atoms with Gasteiger partial charge in [-0.25, -0.2) is 4.39 Å². The summed E-state index contributed by atoms with van der Waals surface area (Å²) in [6, 6.07) is 14.0. The van der Waals surface area contributed by atoms with Crippen LogP contribution < -0.4 is 10.1 Å². The minimum Gasteiger partial charge on any atom is -0.497 e. The van der Waals surface area contributed by atoms with Crippen molar-refractivity contribution in [3.05, 3.63) is 65.5 Å². The van der Waals surface area contributed by atoms with E-state index in [-0.39, 0.29) is 11.7 Å². The molecule has 110 valence electrons. The molecule has 0 aromatic heterocycles. The highest BCUT2D eigenvalue weighted by molar-refractivity contribution is 5.78. The lowest BCUT2D eigenvalue weighted by Gasteiger charge is -2.07. The van der Waals surface area contributed by atoms with E-state index in [0.29, 0.717) is 24.9 Å². The summed E-state index contributed by atoms with van der Waals surface area (Å²) in [5.74, 6) is 0.456. The summed E-state index contributed by atoms with van der Waals surface area (Å²) in [5, 5.41) is 2.80. The van der Waals surface area contributed by atoms with E-state index in [9.17, 15) is 9.18 Å². The molecule has 0 saturated carbocycles. The van der Waals surface area contributed by atoms with Crippen LogP contribution >= 0.6 is 0 Å². The highest BCUT2D eigenvalue weighted by Gasteiger charge is 2.05. The normalized spacial score (nSPS) is 10.2. The lowest BCUT2D eigenvalue weighted by molar-refractivity contribution is -0.120. The smallest absolute Gasteiger partial charge is 0.224 e. The fraction of sp³-hybridized carbons (Fsp3) is 0.235. The number of carbonyl (C=O) groups is 1. The van der Waals surface area contributed by atoms with Gasteiger partial charge in [-0.15, -0.1) is 0 Å². The Morgan fingerprint density at radius 3 is 2.52 bits per heavy atom. The monoisotopic (exact) mass is 287 g/mol. The minimum atomic E-state index is -0.234. The first kappa shape index (κ1) is 15.0. The Bertz CT molecular complexity index is 596. The summed E-state index contributed by atoms with van der Waals surface area (Å²) in [6.45, 7) is 0.427. The fourth-order valence-electron chi connectivity index (χ4n) is 2.03. The molecule has 0 unspecified atom stereocenters. The molecule has 2 rings (SSSR count). The lowest BCUT2D eigenvalue weighted by Crippen LogP contribution is -2.27. The minimum absolute atomic E-state index is 0.0727. The zero-order chi connectivity index (χ0) is 15.1. The van der Waals surface area contributed by atoms with Gasteiger partial charge in [0.1, 0.15) is 11.6 Å². The standard InChI is InChI=1S/C17H18FNO2/c1-21-15-8-6-13(7-9-15)12-17(20)19-11-10-14-4-2-3-5-16(14)18/h2-9H,10-12H2,1H3,(H,19,20). The third-order valence-corrected chi connectivity index (χ3v) is 3.20. The molecule has 0 aliphatic heterocycles. The Hall–Kier alpha value is -2.36. The van der Waals surface area contributed by atoms with Crippen LogP contribution in [0.2, 0.25) is 0 Å². The van der Waals surface area contributed by atoms with Crippen LogP contribution in [0.3, 0.4) is 0 Å². The summed E-state index contributed by atoms with van der Waals surface area (Å²) in [5.41, 5.74) is 1.53. The number of halogens is 1. The van der Waals surface area contributed by atoms with Crippen molar-refractivity contribution in [2.75, 3.05) is 13.7 Å². The van der Waals surface area contributed by atoms with E-state index < -0.39 is 0 Å². The number of benzene rings is 2. The quantitative estimate of drug-likeness (QED) is 0.887. The molecule has 0 fully saturated rings. The van der Waals surface area contributed by atoms with Gasteiger partial charge in [-0.1, -0.05) is 30.3 Å². The second-order valence-electron chi connectivity index (χ2n) is 4.72. The third-order valence-electron chi connectivity index (χ3n) is 3.20. The van der Waals surface area contributed by atoms with Crippen LogP contribution in [0.25, 0.3) is 0 Å². The van der Waals surface area contributed by atoms with E-state index in [0.717, 1.165) is 11.3 Å². The largest absolute Gasteiger partial charge is 0.497 e. The van der Waals surface area contributed by atoms with Crippen molar-refractivity contribution in [2.45, 2.75) is 12.8 Å². The van der Waals surface area contributed by atoms with Gasteiger partial charge < -0.3 is 10.1 Å². The van der Waals surface area contributed by atoms with E-state index >= 15 is 0 Å². The van der Waals surface area contributed by atoms with Crippen LogP contribution in [0, 0.1) is 5.82 Å². The van der Waals surface area contributed by atoms with Crippen LogP contribution in [0.4, 0.5) is 4.39 Å².